The van der Waals surface area contributed by atoms with Crippen molar-refractivity contribution in [1.29, 1.82) is 0 Å². The van der Waals surface area contributed by atoms with Crippen LogP contribution >= 0.6 is 0 Å². The number of anilines is 1. The van der Waals surface area contributed by atoms with E-state index in [1.54, 1.807) is 18.2 Å². The Balaban J connectivity index is 0.000000198. The second-order valence-electron chi connectivity index (χ2n) is 5.90. The van der Waals surface area contributed by atoms with Crippen molar-refractivity contribution in [3.05, 3.63) is 63.7 Å². The van der Waals surface area contributed by atoms with Gasteiger partial charge in [-0.15, -0.1) is 0 Å². The van der Waals surface area contributed by atoms with Gasteiger partial charge in [0, 0.05) is 12.1 Å². The Kier molecular flexibility index (Phi) is 6.92. The number of amides is 1. The third kappa shape index (κ3) is 5.77. The van der Waals surface area contributed by atoms with Gasteiger partial charge in [-0.25, -0.2) is 0 Å². The number of aryl methyl sites for hydroxylation is 2. The summed E-state index contributed by atoms with van der Waals surface area (Å²) in [4.78, 5) is 20.8. The summed E-state index contributed by atoms with van der Waals surface area (Å²) in [5.74, 6) is -0.294. The monoisotopic (exact) mass is 438 g/mol. The Bertz CT molecular complexity index is 901. The van der Waals surface area contributed by atoms with Crippen molar-refractivity contribution in [2.75, 3.05) is 5.32 Å². The minimum atomic E-state index is -4.83. The van der Waals surface area contributed by atoms with Gasteiger partial charge in [-0.1, -0.05) is 6.07 Å². The molecule has 2 aromatic carbocycles. The first kappa shape index (κ1) is 20.9. The average Bonchev–Trinajstić information content (AvgIpc) is 3.09. The number of carbonyl (C=O) groups is 1. The van der Waals surface area contributed by atoms with Gasteiger partial charge in [0.2, 0.25) is 0 Å². The number of fused-ring (bicyclic) bond motifs is 1. The number of nitro groups is 1. The molecule has 0 fully saturated rings. The van der Waals surface area contributed by atoms with Crippen LogP contribution in [-0.4, -0.2) is 34.4 Å². The van der Waals surface area contributed by atoms with Gasteiger partial charge in [-0.3, -0.25) is 10.1 Å². The van der Waals surface area contributed by atoms with E-state index in [4.69, 9.17) is 5.26 Å². The predicted molar refractivity (Wildman–Crippen MR) is 97.9 cm³/mol. The standard InChI is InChI=1S/C9H9NO2.C8H10AsNO5/c11-10(12)9-5-4-7-2-1-3-8(7)6-9;1-6(11)10-8-4-2-3-7(5-8)9(12,13)15-14/h4-6H,1-3H2;2-5,14H,1H3,(H,10,11)(H,12,13). The maximum absolute atomic E-state index is 11.3. The number of hydrogen-bond donors (Lipinski definition) is 3. The molecule has 2 aromatic rings. The fraction of sp³-hybridized carbons (Fsp3) is 0.235. The second kappa shape index (κ2) is 8.96. The van der Waals surface area contributed by atoms with Crippen LogP contribution in [0.25, 0.3) is 0 Å². The summed E-state index contributed by atoms with van der Waals surface area (Å²) < 4.78 is 23.9. The zero-order chi connectivity index (χ0) is 20.0. The molecule has 1 unspecified atom stereocenters. The molecule has 27 heavy (non-hydrogen) atoms. The van der Waals surface area contributed by atoms with E-state index in [1.165, 1.54) is 30.7 Å². The zero-order valence-electron chi connectivity index (χ0n) is 14.5. The largest absolute Gasteiger partial charge is 0.269 e. The van der Waals surface area contributed by atoms with Crippen LogP contribution in [0.5, 0.6) is 0 Å². The van der Waals surface area contributed by atoms with Crippen molar-refractivity contribution in [1.82, 2.24) is 0 Å². The van der Waals surface area contributed by atoms with Crippen LogP contribution in [0.15, 0.2) is 42.5 Å². The van der Waals surface area contributed by atoms with Gasteiger partial charge in [0.15, 0.2) is 0 Å². The predicted octanol–water partition coefficient (Wildman–Crippen LogP) is 1.79. The molecule has 0 saturated carbocycles. The van der Waals surface area contributed by atoms with Crippen molar-refractivity contribution < 1.29 is 26.7 Å². The molecule has 9 nitrogen and oxygen atoms in total. The van der Waals surface area contributed by atoms with Gasteiger partial charge >= 0.3 is 88.4 Å². The molecule has 3 rings (SSSR count). The van der Waals surface area contributed by atoms with Crippen molar-refractivity contribution in [3.8, 4) is 0 Å². The molecule has 144 valence electrons. The first-order valence-corrected chi connectivity index (χ1v) is 11.3. The van der Waals surface area contributed by atoms with Gasteiger partial charge in [0.25, 0.3) is 5.69 Å². The van der Waals surface area contributed by atoms with Crippen LogP contribution in [0.4, 0.5) is 11.4 Å². The molecule has 1 aliphatic carbocycles. The van der Waals surface area contributed by atoms with Crippen LogP contribution in [-0.2, 0) is 25.3 Å². The summed E-state index contributed by atoms with van der Waals surface area (Å²) in [5, 5.41) is 21.1. The summed E-state index contributed by atoms with van der Waals surface area (Å²) in [7, 11) is 0. The fourth-order valence-electron chi connectivity index (χ4n) is 2.68. The van der Waals surface area contributed by atoms with E-state index < -0.39 is 14.2 Å². The molecule has 1 atom stereocenters. The minimum Gasteiger partial charge on any atom is -0.258 e. The molecule has 3 N–H and O–H groups in total. The van der Waals surface area contributed by atoms with E-state index in [2.05, 4.69) is 9.19 Å². The first-order valence-electron chi connectivity index (χ1n) is 8.03. The van der Waals surface area contributed by atoms with E-state index in [-0.39, 0.29) is 20.9 Å². The van der Waals surface area contributed by atoms with Gasteiger partial charge in [-0.05, 0) is 30.4 Å². The maximum atomic E-state index is 11.3. The van der Waals surface area contributed by atoms with Crippen LogP contribution in [0.1, 0.15) is 24.5 Å². The summed E-state index contributed by atoms with van der Waals surface area (Å²) in [6.45, 7) is 1.32. The Morgan fingerprint density at radius 3 is 2.56 bits per heavy atom. The summed E-state index contributed by atoms with van der Waals surface area (Å²) in [5.41, 5.74) is 3.02. The third-order valence-electron chi connectivity index (χ3n) is 3.90. The normalized spacial score (nSPS) is 14.3. The van der Waals surface area contributed by atoms with Gasteiger partial charge in [0.1, 0.15) is 0 Å². The number of benzene rings is 2. The Morgan fingerprint density at radius 1 is 1.22 bits per heavy atom. The zero-order valence-corrected chi connectivity index (χ0v) is 16.4. The van der Waals surface area contributed by atoms with Crippen molar-refractivity contribution in [2.24, 2.45) is 0 Å². The van der Waals surface area contributed by atoms with Gasteiger partial charge in [0.05, 0.1) is 4.92 Å². The van der Waals surface area contributed by atoms with E-state index in [9.17, 15) is 22.7 Å². The summed E-state index contributed by atoms with van der Waals surface area (Å²) in [6.07, 6.45) is 3.21. The molecular formula is C17H19AsN2O7. The minimum absolute atomic E-state index is 0.0399. The molecule has 0 heterocycles. The number of hydrogen-bond acceptors (Lipinski definition) is 6. The average molecular weight is 438 g/mol. The molecule has 0 radical (unpaired) electrons. The van der Waals surface area contributed by atoms with Crippen LogP contribution in [0.2, 0.25) is 0 Å². The first-order chi connectivity index (χ1) is 12.7. The van der Waals surface area contributed by atoms with Crippen molar-refractivity contribution in [2.45, 2.75) is 26.2 Å². The van der Waals surface area contributed by atoms with Crippen molar-refractivity contribution >= 4 is 35.8 Å². The van der Waals surface area contributed by atoms with Crippen molar-refractivity contribution in [3.63, 3.8) is 0 Å². The molecule has 0 spiro atoms. The number of rotatable bonds is 4. The van der Waals surface area contributed by atoms with Gasteiger partial charge < -0.3 is 0 Å². The molecule has 0 saturated heterocycles. The molecule has 1 aliphatic rings. The Morgan fingerprint density at radius 2 is 1.93 bits per heavy atom. The maximum Gasteiger partial charge on any atom is 0.269 e. The molecular weight excluding hydrogens is 419 g/mol. The Labute approximate surface area is 158 Å². The van der Waals surface area contributed by atoms with Gasteiger partial charge in [-0.2, -0.15) is 0 Å². The van der Waals surface area contributed by atoms with E-state index in [0.29, 0.717) is 5.69 Å². The fourth-order valence-corrected chi connectivity index (χ4v) is 4.09. The number of non-ortho nitro benzene ring substituents is 1. The quantitative estimate of drug-likeness (QED) is 0.286. The molecule has 0 aliphatic heterocycles. The number of nitrogens with one attached hydrogen (secondary N) is 1. The second-order valence-corrected chi connectivity index (χ2v) is 9.51. The molecule has 10 heteroatoms. The molecule has 0 aromatic heterocycles. The van der Waals surface area contributed by atoms with Crippen LogP contribution in [0, 0.1) is 10.1 Å². The number of nitro benzene ring substituents is 1. The van der Waals surface area contributed by atoms with E-state index in [1.807, 2.05) is 6.07 Å². The van der Waals surface area contributed by atoms with Crippen LogP contribution < -0.4 is 9.67 Å². The number of carbonyl (C=O) groups excluding carboxylic acids is 1. The van der Waals surface area contributed by atoms with E-state index in [0.717, 1.165) is 24.8 Å². The SMILES string of the molecule is CC(=O)Nc1cccc([As](=O)(O)OO)c1.O=[N+]([O-])c1ccc2c(c1)CCC2. The molecule has 0 bridgehead atoms. The Hall–Kier alpha value is -2.45. The summed E-state index contributed by atoms with van der Waals surface area (Å²) >= 11 is -4.83. The van der Waals surface area contributed by atoms with E-state index >= 15 is 0 Å². The van der Waals surface area contributed by atoms with Crippen LogP contribution in [0.3, 0.4) is 0 Å². The topological polar surface area (TPSA) is 139 Å². The third-order valence-corrected chi connectivity index (χ3v) is 6.31. The smallest absolute Gasteiger partial charge is 0.258 e. The number of nitrogens with zero attached hydrogens (tertiary/aromatic N) is 1. The molecule has 1 amide bonds. The summed E-state index contributed by atoms with van der Waals surface area (Å²) in [6, 6.07) is 10.8.